The van der Waals surface area contributed by atoms with E-state index in [0.29, 0.717) is 5.92 Å². The zero-order valence-electron chi connectivity index (χ0n) is 10.1. The third kappa shape index (κ3) is 4.39. The molecule has 0 amide bonds. The first-order chi connectivity index (χ1) is 7.57. The van der Waals surface area contributed by atoms with Crippen molar-refractivity contribution in [2.24, 2.45) is 0 Å². The van der Waals surface area contributed by atoms with Crippen LogP contribution in [-0.2, 0) is 0 Å². The maximum atomic E-state index is 12.6. The van der Waals surface area contributed by atoms with Gasteiger partial charge in [0.25, 0.3) is 0 Å². The first-order valence-electron chi connectivity index (χ1n) is 5.87. The second kappa shape index (κ2) is 6.76. The molecule has 0 radical (unpaired) electrons. The Morgan fingerprint density at radius 1 is 1.00 bits per heavy atom. The Balaban J connectivity index is 0.00000144. The Kier molecular flexibility index (Phi) is 6.27. The molecule has 2 rings (SSSR count). The van der Waals surface area contributed by atoms with E-state index in [1.807, 2.05) is 6.07 Å². The number of rotatable bonds is 2. The minimum Gasteiger partial charge on any atom is -0.445 e. The summed E-state index contributed by atoms with van der Waals surface area (Å²) in [6.07, 6.45) is 5.58. The van der Waals surface area contributed by atoms with E-state index in [-0.39, 0.29) is 51.4 Å². The van der Waals surface area contributed by atoms with Gasteiger partial charge in [-0.3, -0.25) is 0 Å². The van der Waals surface area contributed by atoms with Crippen LogP contribution in [0.3, 0.4) is 0 Å². The van der Waals surface area contributed by atoms with Crippen LogP contribution in [0.2, 0.25) is 0 Å². The van der Waals surface area contributed by atoms with Crippen molar-refractivity contribution in [2.45, 2.75) is 38.0 Å². The summed E-state index contributed by atoms with van der Waals surface area (Å²) in [6.45, 7) is -4.85. The van der Waals surface area contributed by atoms with E-state index in [1.54, 1.807) is 0 Å². The van der Waals surface area contributed by atoms with Crippen molar-refractivity contribution in [1.82, 2.24) is 0 Å². The van der Waals surface area contributed by atoms with Gasteiger partial charge in [0.1, 0.15) is 0 Å². The molecule has 1 aliphatic carbocycles. The minimum atomic E-state index is -4.85. The van der Waals surface area contributed by atoms with Gasteiger partial charge in [-0.2, -0.15) is 0 Å². The van der Waals surface area contributed by atoms with Gasteiger partial charge in [-0.05, 0) is 24.3 Å². The summed E-state index contributed by atoms with van der Waals surface area (Å²) < 4.78 is 37.8. The maximum absolute atomic E-state index is 12.6. The molecule has 17 heavy (non-hydrogen) atoms. The van der Waals surface area contributed by atoms with Gasteiger partial charge in [0.05, 0.1) is 0 Å². The Bertz CT molecular complexity index is 359. The van der Waals surface area contributed by atoms with Crippen molar-refractivity contribution in [3.8, 4) is 0 Å². The van der Waals surface area contributed by atoms with Crippen LogP contribution < -0.4 is 56.8 Å². The summed E-state index contributed by atoms with van der Waals surface area (Å²) in [5.41, 5.74) is 0.416. The smallest absolute Gasteiger partial charge is 0.445 e. The SMILES string of the molecule is F[B-](F)(F)c1cccc(C2CCCCC2)c1.[K+]. The van der Waals surface area contributed by atoms with E-state index in [2.05, 4.69) is 0 Å². The molecule has 1 aromatic carbocycles. The van der Waals surface area contributed by atoms with Gasteiger partial charge in [-0.15, -0.1) is 5.46 Å². The summed E-state index contributed by atoms with van der Waals surface area (Å²) in [5, 5.41) is 0. The number of benzene rings is 1. The van der Waals surface area contributed by atoms with Gasteiger partial charge in [0.2, 0.25) is 0 Å². The van der Waals surface area contributed by atoms with E-state index in [4.69, 9.17) is 0 Å². The molecular formula is C12H15BF3K. The molecule has 0 bridgehead atoms. The zero-order valence-corrected chi connectivity index (χ0v) is 13.3. The Morgan fingerprint density at radius 3 is 2.24 bits per heavy atom. The van der Waals surface area contributed by atoms with Crippen LogP contribution in [0.25, 0.3) is 0 Å². The van der Waals surface area contributed by atoms with Crippen molar-refractivity contribution in [3.05, 3.63) is 29.8 Å². The largest absolute Gasteiger partial charge is 1.00 e. The molecule has 0 spiro atoms. The van der Waals surface area contributed by atoms with Crippen LogP contribution in [0.1, 0.15) is 43.6 Å². The number of halogens is 3. The molecule has 0 atom stereocenters. The van der Waals surface area contributed by atoms with Crippen LogP contribution >= 0.6 is 0 Å². The first-order valence-corrected chi connectivity index (χ1v) is 5.87. The van der Waals surface area contributed by atoms with Crippen LogP contribution in [-0.4, -0.2) is 6.98 Å². The van der Waals surface area contributed by atoms with Crippen molar-refractivity contribution in [3.63, 3.8) is 0 Å². The second-order valence-corrected chi connectivity index (χ2v) is 4.58. The second-order valence-electron chi connectivity index (χ2n) is 4.58. The molecule has 1 fully saturated rings. The molecule has 0 saturated heterocycles. The molecule has 1 aliphatic rings. The monoisotopic (exact) mass is 266 g/mol. The molecule has 0 aromatic heterocycles. The van der Waals surface area contributed by atoms with Crippen molar-refractivity contribution >= 4 is 12.4 Å². The summed E-state index contributed by atoms with van der Waals surface area (Å²) in [7, 11) is 0. The van der Waals surface area contributed by atoms with Crippen LogP contribution in [0.5, 0.6) is 0 Å². The molecule has 5 heteroatoms. The molecule has 1 aromatic rings. The summed E-state index contributed by atoms with van der Waals surface area (Å²) in [4.78, 5) is 0. The van der Waals surface area contributed by atoms with Gasteiger partial charge in [0.15, 0.2) is 0 Å². The summed E-state index contributed by atoms with van der Waals surface area (Å²) in [6, 6.07) is 5.89. The molecule has 0 unspecified atom stereocenters. The van der Waals surface area contributed by atoms with Gasteiger partial charge in [0, 0.05) is 0 Å². The van der Waals surface area contributed by atoms with Crippen molar-refractivity contribution < 1.29 is 64.3 Å². The van der Waals surface area contributed by atoms with Crippen LogP contribution in [0.4, 0.5) is 12.9 Å². The molecule has 0 nitrogen and oxygen atoms in total. The molecule has 0 aliphatic heterocycles. The Morgan fingerprint density at radius 2 is 1.65 bits per heavy atom. The molecular weight excluding hydrogens is 251 g/mol. The Hall–Kier alpha value is 0.711. The topological polar surface area (TPSA) is 0 Å². The molecule has 0 heterocycles. The number of hydrogen-bond donors (Lipinski definition) is 0. The summed E-state index contributed by atoms with van der Waals surface area (Å²) >= 11 is 0. The quantitative estimate of drug-likeness (QED) is 0.694. The predicted octanol–water partition coefficient (Wildman–Crippen LogP) is 0.793. The van der Waals surface area contributed by atoms with E-state index in [9.17, 15) is 12.9 Å². The van der Waals surface area contributed by atoms with Gasteiger partial charge < -0.3 is 12.9 Å². The third-order valence-electron chi connectivity index (χ3n) is 3.37. The van der Waals surface area contributed by atoms with E-state index < -0.39 is 12.4 Å². The zero-order chi connectivity index (χ0) is 11.6. The molecule has 0 N–H and O–H groups in total. The van der Waals surface area contributed by atoms with Crippen molar-refractivity contribution in [1.29, 1.82) is 0 Å². The first kappa shape index (κ1) is 15.8. The maximum Gasteiger partial charge on any atom is 1.00 e. The Labute approximate surface area is 143 Å². The standard InChI is InChI=1S/C12H15BF3.K/c14-13(15,16)12-8-4-7-11(9-12)10-5-2-1-3-6-10;/h4,7-10H,1-3,5-6H2;/q-1;+1. The van der Waals surface area contributed by atoms with Crippen LogP contribution in [0.15, 0.2) is 24.3 Å². The number of hydrogen-bond acceptors (Lipinski definition) is 0. The van der Waals surface area contributed by atoms with Gasteiger partial charge >= 0.3 is 58.4 Å². The van der Waals surface area contributed by atoms with E-state index in [0.717, 1.165) is 31.2 Å². The normalized spacial score (nSPS) is 17.6. The fourth-order valence-electron chi connectivity index (χ4n) is 2.45. The average Bonchev–Trinajstić information content (AvgIpc) is 2.29. The molecule has 88 valence electrons. The van der Waals surface area contributed by atoms with Crippen molar-refractivity contribution in [2.75, 3.05) is 0 Å². The fraction of sp³-hybridized carbons (Fsp3) is 0.500. The third-order valence-corrected chi connectivity index (χ3v) is 3.37. The van der Waals surface area contributed by atoms with E-state index >= 15 is 0 Å². The molecule has 1 saturated carbocycles. The fourth-order valence-corrected chi connectivity index (χ4v) is 2.45. The van der Waals surface area contributed by atoms with Crippen LogP contribution in [0, 0.1) is 0 Å². The van der Waals surface area contributed by atoms with Gasteiger partial charge in [-0.25, -0.2) is 0 Å². The minimum absolute atomic E-state index is 0. The predicted molar refractivity (Wildman–Crippen MR) is 61.0 cm³/mol. The van der Waals surface area contributed by atoms with Gasteiger partial charge in [-0.1, -0.05) is 43.5 Å². The average molecular weight is 266 g/mol. The summed E-state index contributed by atoms with van der Waals surface area (Å²) in [5.74, 6) is 0.340. The van der Waals surface area contributed by atoms with E-state index in [1.165, 1.54) is 24.6 Å².